The highest BCUT2D eigenvalue weighted by atomic mass is 35.5. The first-order valence-electron chi connectivity index (χ1n) is 8.05. The number of halogens is 1. The van der Waals surface area contributed by atoms with Gasteiger partial charge in [-0.1, -0.05) is 6.07 Å². The van der Waals surface area contributed by atoms with E-state index in [2.05, 4.69) is 20.5 Å². The molecule has 1 saturated heterocycles. The van der Waals surface area contributed by atoms with Gasteiger partial charge in [0.25, 0.3) is 5.91 Å². The van der Waals surface area contributed by atoms with E-state index in [-0.39, 0.29) is 18.3 Å². The SMILES string of the molecule is COc1cc(C(=O)Nc2ccc(N3CCNCC3)cn2)ccc1C.Cl. The Morgan fingerprint density at radius 2 is 2.00 bits per heavy atom. The number of rotatable bonds is 4. The number of hydrogen-bond acceptors (Lipinski definition) is 5. The Labute approximate surface area is 154 Å². The van der Waals surface area contributed by atoms with Gasteiger partial charge in [-0.3, -0.25) is 4.79 Å². The highest BCUT2D eigenvalue weighted by Gasteiger charge is 2.12. The van der Waals surface area contributed by atoms with Gasteiger partial charge in [0, 0.05) is 31.7 Å². The molecule has 0 bridgehead atoms. The predicted molar refractivity (Wildman–Crippen MR) is 102 cm³/mol. The van der Waals surface area contributed by atoms with E-state index in [4.69, 9.17) is 4.74 Å². The number of carbonyl (C=O) groups is 1. The van der Waals surface area contributed by atoms with Crippen LogP contribution in [0.3, 0.4) is 0 Å². The minimum atomic E-state index is -0.198. The molecule has 0 atom stereocenters. The Balaban J connectivity index is 0.00000225. The third-order valence-electron chi connectivity index (χ3n) is 4.14. The van der Waals surface area contributed by atoms with E-state index in [1.165, 1.54) is 0 Å². The Bertz CT molecular complexity index is 716. The molecule has 2 aromatic rings. The largest absolute Gasteiger partial charge is 0.496 e. The third-order valence-corrected chi connectivity index (χ3v) is 4.14. The average molecular weight is 363 g/mol. The second-order valence-electron chi connectivity index (χ2n) is 5.78. The van der Waals surface area contributed by atoms with Gasteiger partial charge in [-0.2, -0.15) is 0 Å². The number of amides is 1. The van der Waals surface area contributed by atoms with Crippen LogP contribution in [0.5, 0.6) is 5.75 Å². The maximum absolute atomic E-state index is 12.4. The Hall–Kier alpha value is -2.31. The van der Waals surface area contributed by atoms with Crippen molar-refractivity contribution in [1.29, 1.82) is 0 Å². The van der Waals surface area contributed by atoms with Crippen molar-refractivity contribution in [2.24, 2.45) is 0 Å². The van der Waals surface area contributed by atoms with Crippen LogP contribution in [0.2, 0.25) is 0 Å². The van der Waals surface area contributed by atoms with Crippen molar-refractivity contribution in [3.05, 3.63) is 47.7 Å². The second kappa shape index (κ2) is 8.69. The van der Waals surface area contributed by atoms with Crippen LogP contribution < -0.4 is 20.3 Å². The number of anilines is 2. The molecule has 1 aromatic carbocycles. The summed E-state index contributed by atoms with van der Waals surface area (Å²) in [4.78, 5) is 19.0. The van der Waals surface area contributed by atoms with Crippen LogP contribution in [0.4, 0.5) is 11.5 Å². The van der Waals surface area contributed by atoms with Crippen molar-refractivity contribution in [3.8, 4) is 5.75 Å². The number of methoxy groups -OCH3 is 1. The first-order chi connectivity index (χ1) is 11.7. The second-order valence-corrected chi connectivity index (χ2v) is 5.78. The van der Waals surface area contributed by atoms with Crippen LogP contribution in [0.15, 0.2) is 36.5 Å². The lowest BCUT2D eigenvalue weighted by Crippen LogP contribution is -2.43. The molecule has 2 heterocycles. The van der Waals surface area contributed by atoms with Gasteiger partial charge in [0.2, 0.25) is 0 Å². The molecule has 2 N–H and O–H groups in total. The molecular weight excluding hydrogens is 340 g/mol. The van der Waals surface area contributed by atoms with E-state index in [9.17, 15) is 4.79 Å². The van der Waals surface area contributed by atoms with Crippen LogP contribution >= 0.6 is 12.4 Å². The summed E-state index contributed by atoms with van der Waals surface area (Å²) in [7, 11) is 1.60. The molecule has 7 heteroatoms. The fourth-order valence-electron chi connectivity index (χ4n) is 2.72. The van der Waals surface area contributed by atoms with Crippen molar-refractivity contribution in [2.45, 2.75) is 6.92 Å². The van der Waals surface area contributed by atoms with E-state index in [0.29, 0.717) is 17.1 Å². The quantitative estimate of drug-likeness (QED) is 0.874. The number of benzene rings is 1. The van der Waals surface area contributed by atoms with Gasteiger partial charge >= 0.3 is 0 Å². The molecular formula is C18H23ClN4O2. The summed E-state index contributed by atoms with van der Waals surface area (Å²) in [5.41, 5.74) is 2.62. The zero-order valence-electron chi connectivity index (χ0n) is 14.4. The number of ether oxygens (including phenoxy) is 1. The Morgan fingerprint density at radius 1 is 1.24 bits per heavy atom. The minimum Gasteiger partial charge on any atom is -0.496 e. The van der Waals surface area contributed by atoms with Gasteiger partial charge < -0.3 is 20.3 Å². The lowest BCUT2D eigenvalue weighted by Gasteiger charge is -2.29. The average Bonchev–Trinajstić information content (AvgIpc) is 2.63. The van der Waals surface area contributed by atoms with E-state index in [0.717, 1.165) is 37.4 Å². The van der Waals surface area contributed by atoms with Crippen molar-refractivity contribution in [2.75, 3.05) is 43.5 Å². The number of pyridine rings is 1. The van der Waals surface area contributed by atoms with Gasteiger partial charge in [-0.25, -0.2) is 4.98 Å². The Morgan fingerprint density at radius 3 is 2.64 bits per heavy atom. The van der Waals surface area contributed by atoms with E-state index in [1.807, 2.05) is 25.1 Å². The molecule has 0 aliphatic carbocycles. The summed E-state index contributed by atoms with van der Waals surface area (Å²) >= 11 is 0. The smallest absolute Gasteiger partial charge is 0.256 e. The molecule has 1 aliphatic rings. The number of carbonyl (C=O) groups excluding carboxylic acids is 1. The standard InChI is InChI=1S/C18H22N4O2.ClH/c1-13-3-4-14(11-16(13)24-2)18(23)21-17-6-5-15(12-20-17)22-9-7-19-8-10-22;/h3-6,11-12,19H,7-10H2,1-2H3,(H,20,21,23);1H. The third kappa shape index (κ3) is 4.61. The van der Waals surface area contributed by atoms with Gasteiger partial charge in [-0.15, -0.1) is 12.4 Å². The number of nitrogens with one attached hydrogen (secondary N) is 2. The van der Waals surface area contributed by atoms with E-state index in [1.54, 1.807) is 25.4 Å². The van der Waals surface area contributed by atoms with Gasteiger partial charge in [0.15, 0.2) is 0 Å². The van der Waals surface area contributed by atoms with E-state index >= 15 is 0 Å². The lowest BCUT2D eigenvalue weighted by molar-refractivity contribution is 0.102. The monoisotopic (exact) mass is 362 g/mol. The molecule has 0 saturated carbocycles. The van der Waals surface area contributed by atoms with Gasteiger partial charge in [0.05, 0.1) is 19.0 Å². The van der Waals surface area contributed by atoms with Crippen LogP contribution in [-0.4, -0.2) is 44.2 Å². The van der Waals surface area contributed by atoms with Gasteiger partial charge in [0.1, 0.15) is 11.6 Å². The number of nitrogens with zero attached hydrogens (tertiary/aromatic N) is 2. The molecule has 1 fully saturated rings. The molecule has 6 nitrogen and oxygen atoms in total. The van der Waals surface area contributed by atoms with Crippen LogP contribution in [0.25, 0.3) is 0 Å². The van der Waals surface area contributed by atoms with Gasteiger partial charge in [-0.05, 0) is 36.8 Å². The molecule has 3 rings (SSSR count). The minimum absolute atomic E-state index is 0. The predicted octanol–water partition coefficient (Wildman–Crippen LogP) is 2.48. The molecule has 25 heavy (non-hydrogen) atoms. The van der Waals surface area contributed by atoms with Crippen LogP contribution in [0.1, 0.15) is 15.9 Å². The fraction of sp³-hybridized carbons (Fsp3) is 0.333. The number of piperazine rings is 1. The van der Waals surface area contributed by atoms with E-state index < -0.39 is 0 Å². The summed E-state index contributed by atoms with van der Waals surface area (Å²) in [5, 5.41) is 6.15. The van der Waals surface area contributed by atoms with Crippen molar-refractivity contribution in [3.63, 3.8) is 0 Å². The summed E-state index contributed by atoms with van der Waals surface area (Å²) < 4.78 is 5.26. The maximum atomic E-state index is 12.4. The van der Waals surface area contributed by atoms with Crippen LogP contribution in [-0.2, 0) is 0 Å². The summed E-state index contributed by atoms with van der Waals surface area (Å²) in [5.74, 6) is 1.04. The molecule has 1 aliphatic heterocycles. The van der Waals surface area contributed by atoms with Crippen molar-refractivity contribution < 1.29 is 9.53 Å². The fourth-order valence-corrected chi connectivity index (χ4v) is 2.72. The van der Waals surface area contributed by atoms with Crippen molar-refractivity contribution >= 4 is 29.8 Å². The highest BCUT2D eigenvalue weighted by Crippen LogP contribution is 2.20. The van der Waals surface area contributed by atoms with Crippen molar-refractivity contribution in [1.82, 2.24) is 10.3 Å². The maximum Gasteiger partial charge on any atom is 0.256 e. The molecule has 0 radical (unpaired) electrons. The topological polar surface area (TPSA) is 66.5 Å². The number of aromatic nitrogens is 1. The molecule has 1 amide bonds. The molecule has 134 valence electrons. The normalized spacial score (nSPS) is 13.8. The molecule has 0 spiro atoms. The lowest BCUT2D eigenvalue weighted by atomic mass is 10.1. The highest BCUT2D eigenvalue weighted by molar-refractivity contribution is 6.04. The first kappa shape index (κ1) is 19.0. The summed E-state index contributed by atoms with van der Waals surface area (Å²) in [6.07, 6.45) is 1.80. The zero-order chi connectivity index (χ0) is 16.9. The number of hydrogen-bond donors (Lipinski definition) is 2. The molecule has 0 unspecified atom stereocenters. The Kier molecular flexibility index (Phi) is 6.61. The first-order valence-corrected chi connectivity index (χ1v) is 8.05. The summed E-state index contributed by atoms with van der Waals surface area (Å²) in [6, 6.07) is 9.21. The molecule has 1 aromatic heterocycles. The number of aryl methyl sites for hydroxylation is 1. The zero-order valence-corrected chi connectivity index (χ0v) is 15.2. The summed E-state index contributed by atoms with van der Waals surface area (Å²) in [6.45, 7) is 5.84. The van der Waals surface area contributed by atoms with Crippen LogP contribution in [0, 0.1) is 6.92 Å².